The van der Waals surface area contributed by atoms with Crippen LogP contribution in [0.4, 0.5) is 0 Å². The van der Waals surface area contributed by atoms with Gasteiger partial charge in [-0.1, -0.05) is 220 Å². The summed E-state index contributed by atoms with van der Waals surface area (Å²) in [5, 5.41) is 2.57. The van der Waals surface area contributed by atoms with Gasteiger partial charge in [0, 0.05) is 5.92 Å². The van der Waals surface area contributed by atoms with Crippen LogP contribution in [0.15, 0.2) is 224 Å². The Morgan fingerprint density at radius 1 is 0.464 bits per heavy atom. The van der Waals surface area contributed by atoms with E-state index in [1.54, 1.807) is 0 Å². The summed E-state index contributed by atoms with van der Waals surface area (Å²) in [4.78, 5) is 0. The number of hydrogen-bond acceptors (Lipinski definition) is 0. The molecule has 2 aliphatic carbocycles. The summed E-state index contributed by atoms with van der Waals surface area (Å²) in [6, 6.07) is 73.7. The predicted octanol–water partition coefficient (Wildman–Crippen LogP) is 14.3. The summed E-state index contributed by atoms with van der Waals surface area (Å²) in [7, 11) is 0. The summed E-state index contributed by atoms with van der Waals surface area (Å²) in [6.07, 6.45) is 4.63. The van der Waals surface area contributed by atoms with Crippen molar-refractivity contribution in [1.29, 1.82) is 0 Å². The maximum Gasteiger partial charge on any atom is 0.0713 e. The Hall–Kier alpha value is -6.76. The standard InChI is InChI=1S/C56H42/c1-38-48(41-17-6-3-7-18-41)34-35-49(39(2)54(38)43-20-8-4-9-21-43)45-23-16-22-44(37-45)40-29-32-47(33-30-40)56(46-24-10-5-11-25-46)52-28-15-14-27-51(52)55-50-26-13-12-19-42(50)31-36-53(55)56/h3-38,54H,2H2,1H3. The minimum atomic E-state index is -0.452. The van der Waals surface area contributed by atoms with Gasteiger partial charge in [0.1, 0.15) is 0 Å². The van der Waals surface area contributed by atoms with Crippen LogP contribution >= 0.6 is 0 Å². The van der Waals surface area contributed by atoms with E-state index in [1.807, 2.05) is 0 Å². The zero-order valence-corrected chi connectivity index (χ0v) is 31.6. The summed E-state index contributed by atoms with van der Waals surface area (Å²) in [5.41, 5.74) is 17.2. The second-order valence-corrected chi connectivity index (χ2v) is 15.3. The fraction of sp³-hybridized carbons (Fsp3) is 0.0714. The van der Waals surface area contributed by atoms with Gasteiger partial charge in [-0.3, -0.25) is 0 Å². The molecule has 0 saturated heterocycles. The van der Waals surface area contributed by atoms with Crippen LogP contribution in [0.3, 0.4) is 0 Å². The molecule has 0 heteroatoms. The van der Waals surface area contributed by atoms with Crippen LogP contribution in [0, 0.1) is 5.92 Å². The highest BCUT2D eigenvalue weighted by Crippen LogP contribution is 2.58. The number of allylic oxidation sites excluding steroid dienone is 5. The molecule has 0 fully saturated rings. The third-order valence-electron chi connectivity index (χ3n) is 12.4. The highest BCUT2D eigenvalue weighted by molar-refractivity contribution is 6.04. The fourth-order valence-electron chi connectivity index (χ4n) is 9.81. The van der Waals surface area contributed by atoms with Crippen LogP contribution in [0.1, 0.15) is 51.8 Å². The molecule has 8 aromatic carbocycles. The zero-order chi connectivity index (χ0) is 37.6. The highest BCUT2D eigenvalue weighted by Gasteiger charge is 2.46. The van der Waals surface area contributed by atoms with E-state index in [9.17, 15) is 0 Å². The van der Waals surface area contributed by atoms with Crippen LogP contribution in [0.2, 0.25) is 0 Å². The van der Waals surface area contributed by atoms with Crippen molar-refractivity contribution in [2.24, 2.45) is 5.92 Å². The lowest BCUT2D eigenvalue weighted by atomic mass is 9.67. The first-order chi connectivity index (χ1) is 27.6. The highest BCUT2D eigenvalue weighted by atomic mass is 14.5. The average molecular weight is 715 g/mol. The van der Waals surface area contributed by atoms with Gasteiger partial charge in [-0.2, -0.15) is 0 Å². The molecule has 266 valence electrons. The van der Waals surface area contributed by atoms with Crippen LogP contribution in [-0.2, 0) is 5.41 Å². The molecule has 0 heterocycles. The van der Waals surface area contributed by atoms with E-state index in [0.717, 1.165) is 5.57 Å². The molecule has 56 heavy (non-hydrogen) atoms. The summed E-state index contributed by atoms with van der Waals surface area (Å²) in [6.45, 7) is 7.17. The monoisotopic (exact) mass is 714 g/mol. The predicted molar refractivity (Wildman–Crippen MR) is 237 cm³/mol. The first-order valence-electron chi connectivity index (χ1n) is 19.7. The molecule has 8 aromatic rings. The number of rotatable bonds is 6. The molecule has 0 amide bonds. The van der Waals surface area contributed by atoms with Gasteiger partial charge in [-0.05, 0) is 101 Å². The molecule has 0 bridgehead atoms. The minimum absolute atomic E-state index is 0.141. The molecular weight excluding hydrogens is 673 g/mol. The topological polar surface area (TPSA) is 0 Å². The second kappa shape index (κ2) is 13.8. The van der Waals surface area contributed by atoms with Crippen molar-refractivity contribution in [3.8, 4) is 22.3 Å². The fourth-order valence-corrected chi connectivity index (χ4v) is 9.81. The molecule has 0 N–H and O–H groups in total. The molecule has 3 unspecified atom stereocenters. The van der Waals surface area contributed by atoms with Gasteiger partial charge >= 0.3 is 0 Å². The van der Waals surface area contributed by atoms with Gasteiger partial charge in [0.15, 0.2) is 0 Å². The largest absolute Gasteiger partial charge is 0.0946 e. The first kappa shape index (κ1) is 33.8. The van der Waals surface area contributed by atoms with Crippen molar-refractivity contribution in [1.82, 2.24) is 0 Å². The Morgan fingerprint density at radius 3 is 1.88 bits per heavy atom. The third kappa shape index (κ3) is 5.36. The van der Waals surface area contributed by atoms with Crippen LogP contribution < -0.4 is 0 Å². The molecule has 0 saturated carbocycles. The Balaban J connectivity index is 1.09. The summed E-state index contributed by atoms with van der Waals surface area (Å²) >= 11 is 0. The van der Waals surface area contributed by atoms with Gasteiger partial charge in [0.2, 0.25) is 0 Å². The Bertz CT molecular complexity index is 2800. The van der Waals surface area contributed by atoms with Crippen molar-refractivity contribution in [2.45, 2.75) is 18.3 Å². The van der Waals surface area contributed by atoms with Gasteiger partial charge < -0.3 is 0 Å². The lowest BCUT2D eigenvalue weighted by molar-refractivity contribution is 0.646. The van der Waals surface area contributed by atoms with E-state index in [4.69, 9.17) is 6.58 Å². The van der Waals surface area contributed by atoms with Crippen molar-refractivity contribution < 1.29 is 0 Å². The van der Waals surface area contributed by atoms with Crippen LogP contribution in [-0.4, -0.2) is 0 Å². The lowest BCUT2D eigenvalue weighted by Crippen LogP contribution is -2.28. The van der Waals surface area contributed by atoms with Gasteiger partial charge in [0.05, 0.1) is 5.41 Å². The Kier molecular flexibility index (Phi) is 8.34. The van der Waals surface area contributed by atoms with E-state index in [0.29, 0.717) is 0 Å². The first-order valence-corrected chi connectivity index (χ1v) is 19.7. The van der Waals surface area contributed by atoms with Gasteiger partial charge in [-0.25, -0.2) is 0 Å². The lowest BCUT2D eigenvalue weighted by Gasteiger charge is -2.34. The molecule has 0 spiro atoms. The van der Waals surface area contributed by atoms with Crippen LogP contribution in [0.5, 0.6) is 0 Å². The minimum Gasteiger partial charge on any atom is -0.0946 e. The van der Waals surface area contributed by atoms with Crippen LogP contribution in [0.25, 0.3) is 44.2 Å². The molecule has 0 radical (unpaired) electrons. The molecule has 0 aromatic heterocycles. The number of benzene rings is 8. The number of hydrogen-bond donors (Lipinski definition) is 0. The SMILES string of the molecule is C=C1C(c2cccc(-c3ccc(C4(c5ccccc5)c5ccccc5-c5c4ccc4ccccc54)cc3)c2)=CC=C(c2ccccc2)C(C)C1c1ccccc1. The van der Waals surface area contributed by atoms with E-state index in [2.05, 4.69) is 219 Å². The molecular formula is C56H42. The van der Waals surface area contributed by atoms with Crippen molar-refractivity contribution in [2.75, 3.05) is 0 Å². The molecule has 0 nitrogen and oxygen atoms in total. The van der Waals surface area contributed by atoms with Gasteiger partial charge in [-0.15, -0.1) is 0 Å². The van der Waals surface area contributed by atoms with Crippen molar-refractivity contribution >= 4 is 21.9 Å². The maximum absolute atomic E-state index is 4.82. The average Bonchev–Trinajstić information content (AvgIpc) is 3.50. The number of fused-ring (bicyclic) bond motifs is 5. The Morgan fingerprint density at radius 2 is 1.09 bits per heavy atom. The molecule has 3 atom stereocenters. The Labute approximate surface area is 330 Å². The van der Waals surface area contributed by atoms with Crippen molar-refractivity contribution in [3.63, 3.8) is 0 Å². The molecule has 0 aliphatic heterocycles. The third-order valence-corrected chi connectivity index (χ3v) is 12.4. The second-order valence-electron chi connectivity index (χ2n) is 15.3. The van der Waals surface area contributed by atoms with Gasteiger partial charge in [0.25, 0.3) is 0 Å². The quantitative estimate of drug-likeness (QED) is 0.161. The van der Waals surface area contributed by atoms with Crippen molar-refractivity contribution in [3.05, 3.63) is 263 Å². The molecule has 2 aliphatic rings. The summed E-state index contributed by atoms with van der Waals surface area (Å²) in [5.74, 6) is 0.389. The normalized spacial score (nSPS) is 18.8. The summed E-state index contributed by atoms with van der Waals surface area (Å²) < 4.78 is 0. The zero-order valence-electron chi connectivity index (χ0n) is 31.6. The van der Waals surface area contributed by atoms with E-state index >= 15 is 0 Å². The molecule has 10 rings (SSSR count). The maximum atomic E-state index is 4.82. The van der Waals surface area contributed by atoms with E-state index in [1.165, 1.54) is 83.1 Å². The van der Waals surface area contributed by atoms with E-state index in [-0.39, 0.29) is 11.8 Å². The van der Waals surface area contributed by atoms with E-state index < -0.39 is 5.41 Å². The smallest absolute Gasteiger partial charge is 0.0713 e.